The van der Waals surface area contributed by atoms with Crippen molar-refractivity contribution in [1.29, 1.82) is 0 Å². The molecule has 0 spiro atoms. The summed E-state index contributed by atoms with van der Waals surface area (Å²) in [5.41, 5.74) is 5.57. The molecule has 2 N–H and O–H groups in total. The van der Waals surface area contributed by atoms with Gasteiger partial charge in [0.1, 0.15) is 5.60 Å². The molecule has 0 aliphatic heterocycles. The molecular weight excluding hydrogens is 238 g/mol. The van der Waals surface area contributed by atoms with Gasteiger partial charge in [0.25, 0.3) is 0 Å². The van der Waals surface area contributed by atoms with Crippen LogP contribution in [0.2, 0.25) is 0 Å². The van der Waals surface area contributed by atoms with Crippen LogP contribution in [0.15, 0.2) is 12.7 Å². The van der Waals surface area contributed by atoms with Crippen molar-refractivity contribution in [1.82, 2.24) is 0 Å². The summed E-state index contributed by atoms with van der Waals surface area (Å²) >= 11 is 0. The summed E-state index contributed by atoms with van der Waals surface area (Å²) < 4.78 is 5.46. The van der Waals surface area contributed by atoms with Gasteiger partial charge in [-0.05, 0) is 69.7 Å². The molecule has 2 aliphatic carbocycles. The Kier molecular flexibility index (Phi) is 3.78. The Morgan fingerprint density at radius 2 is 2.16 bits per heavy atom. The molecule has 0 aromatic carbocycles. The molecule has 2 rings (SSSR count). The van der Waals surface area contributed by atoms with Crippen LogP contribution in [0.4, 0.5) is 0 Å². The number of carbonyl (C=O) groups excluding carboxylic acids is 1. The molecule has 2 fully saturated rings. The quantitative estimate of drug-likeness (QED) is 0.628. The average Bonchev–Trinajstić information content (AvgIpc) is 2.62. The maximum absolute atomic E-state index is 12.1. The van der Waals surface area contributed by atoms with E-state index in [0.717, 1.165) is 18.8 Å². The summed E-state index contributed by atoms with van der Waals surface area (Å²) in [6.07, 6.45) is 6.00. The molecule has 0 bridgehead atoms. The van der Waals surface area contributed by atoms with Gasteiger partial charge < -0.3 is 10.5 Å². The highest BCUT2D eigenvalue weighted by molar-refractivity contribution is 5.71. The molecule has 4 atom stereocenters. The van der Waals surface area contributed by atoms with Gasteiger partial charge in [0.05, 0.1) is 6.42 Å². The van der Waals surface area contributed by atoms with Gasteiger partial charge in [-0.15, -0.1) is 6.58 Å². The van der Waals surface area contributed by atoms with Crippen LogP contribution in [0.25, 0.3) is 0 Å². The lowest BCUT2D eigenvalue weighted by atomic mass is 9.53. The molecule has 0 heterocycles. The van der Waals surface area contributed by atoms with Crippen molar-refractivity contribution in [3.8, 4) is 0 Å². The van der Waals surface area contributed by atoms with E-state index in [9.17, 15) is 4.79 Å². The van der Waals surface area contributed by atoms with Crippen molar-refractivity contribution in [2.45, 2.75) is 52.1 Å². The number of hydrogen-bond donors (Lipinski definition) is 1. The number of ether oxygens (including phenoxy) is 1. The highest BCUT2D eigenvalue weighted by atomic mass is 16.6. The van der Waals surface area contributed by atoms with Crippen LogP contribution in [0.5, 0.6) is 0 Å². The smallest absolute Gasteiger partial charge is 0.306 e. The lowest BCUT2D eigenvalue weighted by Crippen LogP contribution is -2.51. The third-order valence-corrected chi connectivity index (χ3v) is 4.84. The average molecular weight is 265 g/mol. The van der Waals surface area contributed by atoms with Crippen molar-refractivity contribution >= 4 is 5.97 Å². The van der Waals surface area contributed by atoms with Crippen molar-refractivity contribution in [3.63, 3.8) is 0 Å². The first-order valence-corrected chi connectivity index (χ1v) is 7.34. The summed E-state index contributed by atoms with van der Waals surface area (Å²) in [6.45, 7) is 10.2. The number of carbonyl (C=O) groups is 1. The van der Waals surface area contributed by atoms with Gasteiger partial charge in [-0.2, -0.15) is 0 Å². The molecule has 3 heteroatoms. The predicted molar refractivity (Wildman–Crippen MR) is 76.5 cm³/mol. The van der Waals surface area contributed by atoms with Crippen molar-refractivity contribution < 1.29 is 9.53 Å². The largest absolute Gasteiger partial charge is 0.460 e. The first-order chi connectivity index (χ1) is 8.79. The summed E-state index contributed by atoms with van der Waals surface area (Å²) in [5.74, 6) is 1.85. The monoisotopic (exact) mass is 265 g/mol. The van der Waals surface area contributed by atoms with Gasteiger partial charge in [-0.1, -0.05) is 6.08 Å². The Balaban J connectivity index is 1.98. The van der Waals surface area contributed by atoms with E-state index in [4.69, 9.17) is 10.5 Å². The van der Waals surface area contributed by atoms with E-state index in [-0.39, 0.29) is 11.4 Å². The maximum Gasteiger partial charge on any atom is 0.306 e. The Morgan fingerprint density at radius 1 is 1.47 bits per heavy atom. The highest BCUT2D eigenvalue weighted by Gasteiger charge is 2.57. The minimum absolute atomic E-state index is 0.00917. The third-order valence-electron chi connectivity index (χ3n) is 4.84. The summed E-state index contributed by atoms with van der Waals surface area (Å²) in [4.78, 5) is 12.1. The van der Waals surface area contributed by atoms with E-state index in [1.807, 2.05) is 20.8 Å². The first-order valence-electron chi connectivity index (χ1n) is 7.34. The number of allylic oxidation sites excluding steroid dienone is 1. The summed E-state index contributed by atoms with van der Waals surface area (Å²) in [5, 5.41) is 0. The molecule has 0 unspecified atom stereocenters. The lowest BCUT2D eigenvalue weighted by Gasteiger charge is -2.52. The van der Waals surface area contributed by atoms with Crippen molar-refractivity contribution in [3.05, 3.63) is 12.7 Å². The van der Waals surface area contributed by atoms with Crippen molar-refractivity contribution in [2.75, 3.05) is 6.54 Å². The minimum Gasteiger partial charge on any atom is -0.460 e. The molecule has 108 valence electrons. The molecule has 2 aliphatic rings. The van der Waals surface area contributed by atoms with Gasteiger partial charge in [0.15, 0.2) is 0 Å². The van der Waals surface area contributed by atoms with Crippen LogP contribution in [0.3, 0.4) is 0 Å². The number of esters is 1. The molecule has 0 radical (unpaired) electrons. The second kappa shape index (κ2) is 4.93. The zero-order valence-electron chi connectivity index (χ0n) is 12.4. The van der Waals surface area contributed by atoms with Gasteiger partial charge in [0.2, 0.25) is 0 Å². The first kappa shape index (κ1) is 14.6. The van der Waals surface area contributed by atoms with Crippen LogP contribution in [0, 0.1) is 23.2 Å². The molecule has 0 amide bonds. The Morgan fingerprint density at radius 3 is 2.68 bits per heavy atom. The fourth-order valence-electron chi connectivity index (χ4n) is 4.02. The van der Waals surface area contributed by atoms with E-state index >= 15 is 0 Å². The van der Waals surface area contributed by atoms with E-state index in [1.54, 1.807) is 0 Å². The van der Waals surface area contributed by atoms with Gasteiger partial charge in [-0.25, -0.2) is 0 Å². The number of hydrogen-bond acceptors (Lipinski definition) is 3. The van der Waals surface area contributed by atoms with E-state index < -0.39 is 5.60 Å². The highest BCUT2D eigenvalue weighted by Crippen LogP contribution is 2.62. The fourth-order valence-corrected chi connectivity index (χ4v) is 4.02. The van der Waals surface area contributed by atoms with Crippen LogP contribution in [0.1, 0.15) is 46.5 Å². The Labute approximate surface area is 116 Å². The van der Waals surface area contributed by atoms with Crippen LogP contribution >= 0.6 is 0 Å². The topological polar surface area (TPSA) is 52.3 Å². The van der Waals surface area contributed by atoms with Crippen LogP contribution in [-0.4, -0.2) is 18.1 Å². The zero-order valence-corrected chi connectivity index (χ0v) is 12.4. The Hall–Kier alpha value is -0.830. The maximum atomic E-state index is 12.1. The number of rotatable bonds is 4. The number of fused-ring (bicyclic) bond motifs is 1. The molecule has 0 saturated heterocycles. The molecule has 19 heavy (non-hydrogen) atoms. The van der Waals surface area contributed by atoms with E-state index in [2.05, 4.69) is 12.7 Å². The molecule has 2 saturated carbocycles. The summed E-state index contributed by atoms with van der Waals surface area (Å²) in [7, 11) is 0. The fraction of sp³-hybridized carbons (Fsp3) is 0.812. The Bertz CT molecular complexity index is 371. The van der Waals surface area contributed by atoms with Gasteiger partial charge in [0, 0.05) is 0 Å². The van der Waals surface area contributed by atoms with Gasteiger partial charge in [-0.3, -0.25) is 4.79 Å². The molecular formula is C16H27NO2. The molecule has 0 aromatic rings. The van der Waals surface area contributed by atoms with Gasteiger partial charge >= 0.3 is 5.97 Å². The van der Waals surface area contributed by atoms with Crippen molar-refractivity contribution in [2.24, 2.45) is 28.9 Å². The zero-order chi connectivity index (χ0) is 14.3. The normalized spacial score (nSPS) is 37.4. The minimum atomic E-state index is -0.407. The lowest BCUT2D eigenvalue weighted by molar-refractivity contribution is -0.163. The van der Waals surface area contributed by atoms with Crippen LogP contribution < -0.4 is 5.73 Å². The number of nitrogens with two attached hydrogens (primary N) is 1. The van der Waals surface area contributed by atoms with E-state index in [1.165, 1.54) is 6.42 Å². The SMILES string of the molecule is C=C[C@@H]1C[C@@H]2C[C@](CN)(CC(=O)OC(C)(C)C)[C@@H]2C1. The molecule has 0 aromatic heterocycles. The summed E-state index contributed by atoms with van der Waals surface area (Å²) in [6, 6.07) is 0. The second-order valence-corrected chi connectivity index (χ2v) is 7.37. The predicted octanol–water partition coefficient (Wildman–Crippen LogP) is 2.90. The van der Waals surface area contributed by atoms with E-state index in [0.29, 0.717) is 24.8 Å². The third kappa shape index (κ3) is 2.86. The molecule has 3 nitrogen and oxygen atoms in total. The standard InChI is InChI=1S/C16H27NO2/c1-5-11-6-12-8-16(10-17,13(12)7-11)9-14(18)19-15(2,3)4/h5,11-13H,1,6-10,17H2,2-4H3/t11-,12-,13-,16-/m1/s1. The van der Waals surface area contributed by atoms with Crippen LogP contribution in [-0.2, 0) is 9.53 Å². The second-order valence-electron chi connectivity index (χ2n) is 7.37.